The van der Waals surface area contributed by atoms with Crippen molar-refractivity contribution in [2.75, 3.05) is 19.6 Å². The molecule has 2 aromatic heterocycles. The van der Waals surface area contributed by atoms with E-state index in [1.807, 2.05) is 6.07 Å². The molecule has 136 valence electrons. The molecule has 25 heavy (non-hydrogen) atoms. The van der Waals surface area contributed by atoms with E-state index in [9.17, 15) is 0 Å². The molecule has 0 radical (unpaired) electrons. The summed E-state index contributed by atoms with van der Waals surface area (Å²) in [7, 11) is 0. The summed E-state index contributed by atoms with van der Waals surface area (Å²) < 4.78 is 5.62. The van der Waals surface area contributed by atoms with E-state index in [0.717, 1.165) is 18.8 Å². The fraction of sp³-hybridized carbons (Fsp3) is 0.412. The summed E-state index contributed by atoms with van der Waals surface area (Å²) >= 11 is 1.80. The molecular weight excluding hydrogens is 344 g/mol. The number of carboxylic acids is 2. The summed E-state index contributed by atoms with van der Waals surface area (Å²) in [6, 6.07) is 8.73. The summed E-state index contributed by atoms with van der Waals surface area (Å²) in [6.45, 7) is 4.27. The van der Waals surface area contributed by atoms with Gasteiger partial charge in [-0.1, -0.05) is 6.07 Å². The Bertz CT molecular complexity index is 624. The van der Waals surface area contributed by atoms with Gasteiger partial charge in [-0.3, -0.25) is 4.90 Å². The first-order chi connectivity index (χ1) is 12.1. The molecule has 3 heterocycles. The van der Waals surface area contributed by atoms with Crippen molar-refractivity contribution in [3.63, 3.8) is 0 Å². The number of rotatable bonds is 6. The number of nitrogens with one attached hydrogen (secondary N) is 1. The molecule has 1 aliphatic rings. The highest BCUT2D eigenvalue weighted by Crippen LogP contribution is 2.25. The van der Waals surface area contributed by atoms with Crippen molar-refractivity contribution in [1.29, 1.82) is 0 Å². The number of furan rings is 1. The van der Waals surface area contributed by atoms with Gasteiger partial charge >= 0.3 is 11.9 Å². The normalized spacial score (nSPS) is 15.4. The van der Waals surface area contributed by atoms with Crippen LogP contribution in [0.15, 0.2) is 40.3 Å². The van der Waals surface area contributed by atoms with Crippen LogP contribution in [-0.2, 0) is 16.1 Å². The standard InChI is InChI=1S/C15H20N2OS.C2H2O4/c1-2-8-17(7-1)14(15-6-3-9-18-15)12-16-11-13-5-4-10-19-13;3-1(4)2(5)6/h3-6,9-10,14,16H,1-2,7-8,11-12H2;(H,3,4)(H,5,6). The molecule has 1 fully saturated rings. The van der Waals surface area contributed by atoms with Crippen LogP contribution >= 0.6 is 11.3 Å². The quantitative estimate of drug-likeness (QED) is 0.675. The Labute approximate surface area is 149 Å². The molecule has 2 aromatic rings. The lowest BCUT2D eigenvalue weighted by Crippen LogP contribution is -2.33. The van der Waals surface area contributed by atoms with Gasteiger partial charge in [0.1, 0.15) is 5.76 Å². The summed E-state index contributed by atoms with van der Waals surface area (Å²) in [5, 5.41) is 20.5. The molecule has 0 aromatic carbocycles. The fourth-order valence-electron chi connectivity index (χ4n) is 2.69. The van der Waals surface area contributed by atoms with Crippen LogP contribution in [0.3, 0.4) is 0 Å². The number of nitrogens with zero attached hydrogens (tertiary/aromatic N) is 1. The maximum atomic E-state index is 9.10. The minimum atomic E-state index is -1.82. The number of hydrogen-bond acceptors (Lipinski definition) is 6. The van der Waals surface area contributed by atoms with Crippen molar-refractivity contribution < 1.29 is 24.2 Å². The average Bonchev–Trinajstić information content (AvgIpc) is 3.35. The molecule has 3 rings (SSSR count). The fourth-order valence-corrected chi connectivity index (χ4v) is 3.36. The zero-order valence-electron chi connectivity index (χ0n) is 13.8. The zero-order chi connectivity index (χ0) is 18.1. The zero-order valence-corrected chi connectivity index (χ0v) is 14.6. The Morgan fingerprint density at radius 3 is 2.44 bits per heavy atom. The maximum absolute atomic E-state index is 9.10. The van der Waals surface area contributed by atoms with E-state index in [0.29, 0.717) is 6.04 Å². The first-order valence-electron chi connectivity index (χ1n) is 8.04. The van der Waals surface area contributed by atoms with Gasteiger partial charge in [0.2, 0.25) is 0 Å². The van der Waals surface area contributed by atoms with E-state index in [4.69, 9.17) is 24.2 Å². The number of hydrogen-bond donors (Lipinski definition) is 3. The minimum absolute atomic E-state index is 0.373. The third-order valence-corrected chi connectivity index (χ3v) is 4.73. The van der Waals surface area contributed by atoms with E-state index >= 15 is 0 Å². The Morgan fingerprint density at radius 2 is 1.92 bits per heavy atom. The van der Waals surface area contributed by atoms with Crippen LogP contribution in [0.4, 0.5) is 0 Å². The highest BCUT2D eigenvalue weighted by Gasteiger charge is 2.24. The monoisotopic (exact) mass is 366 g/mol. The predicted octanol–water partition coefficient (Wildman–Crippen LogP) is 2.42. The summed E-state index contributed by atoms with van der Waals surface area (Å²) in [5.41, 5.74) is 0. The van der Waals surface area contributed by atoms with Crippen molar-refractivity contribution in [3.8, 4) is 0 Å². The summed E-state index contributed by atoms with van der Waals surface area (Å²) in [4.78, 5) is 22.1. The molecule has 1 saturated heterocycles. The van der Waals surface area contributed by atoms with Gasteiger partial charge in [0.25, 0.3) is 0 Å². The van der Waals surface area contributed by atoms with Crippen LogP contribution in [0.25, 0.3) is 0 Å². The third-order valence-electron chi connectivity index (χ3n) is 3.85. The molecule has 0 amide bonds. The molecule has 0 bridgehead atoms. The molecule has 1 unspecified atom stereocenters. The molecule has 1 atom stereocenters. The van der Waals surface area contributed by atoms with E-state index in [1.165, 1.54) is 30.8 Å². The van der Waals surface area contributed by atoms with Crippen molar-refractivity contribution in [3.05, 3.63) is 46.5 Å². The Morgan fingerprint density at radius 1 is 1.20 bits per heavy atom. The van der Waals surface area contributed by atoms with Crippen LogP contribution in [0.1, 0.15) is 29.5 Å². The van der Waals surface area contributed by atoms with Crippen LogP contribution in [0.2, 0.25) is 0 Å². The number of thiophene rings is 1. The lowest BCUT2D eigenvalue weighted by molar-refractivity contribution is -0.159. The molecule has 1 aliphatic heterocycles. The van der Waals surface area contributed by atoms with Crippen molar-refractivity contribution in [2.45, 2.75) is 25.4 Å². The van der Waals surface area contributed by atoms with Crippen molar-refractivity contribution >= 4 is 23.3 Å². The number of carboxylic acid groups (broad SMARTS) is 2. The van der Waals surface area contributed by atoms with Crippen LogP contribution in [0, 0.1) is 0 Å². The molecule has 7 nitrogen and oxygen atoms in total. The first-order valence-corrected chi connectivity index (χ1v) is 8.92. The van der Waals surface area contributed by atoms with Gasteiger partial charge in [-0.2, -0.15) is 0 Å². The molecular formula is C17H22N2O5S. The van der Waals surface area contributed by atoms with Gasteiger partial charge in [-0.15, -0.1) is 11.3 Å². The first kappa shape index (κ1) is 19.2. The van der Waals surface area contributed by atoms with Crippen molar-refractivity contribution in [2.24, 2.45) is 0 Å². The largest absolute Gasteiger partial charge is 0.473 e. The topological polar surface area (TPSA) is 103 Å². The van der Waals surface area contributed by atoms with Crippen LogP contribution in [-0.4, -0.2) is 46.7 Å². The maximum Gasteiger partial charge on any atom is 0.414 e. The van der Waals surface area contributed by atoms with Gasteiger partial charge in [0.15, 0.2) is 0 Å². The van der Waals surface area contributed by atoms with Crippen molar-refractivity contribution in [1.82, 2.24) is 10.2 Å². The second-order valence-corrected chi connectivity index (χ2v) is 6.63. The van der Waals surface area contributed by atoms with E-state index in [2.05, 4.69) is 33.8 Å². The highest BCUT2D eigenvalue weighted by atomic mass is 32.1. The smallest absolute Gasteiger partial charge is 0.414 e. The lowest BCUT2D eigenvalue weighted by Gasteiger charge is -2.26. The Balaban J connectivity index is 0.000000326. The average molecular weight is 366 g/mol. The second-order valence-electron chi connectivity index (χ2n) is 5.59. The Hall–Kier alpha value is -2.16. The molecule has 8 heteroatoms. The van der Waals surface area contributed by atoms with Crippen LogP contribution < -0.4 is 5.32 Å². The van der Waals surface area contributed by atoms with Gasteiger partial charge in [-0.05, 0) is 49.5 Å². The van der Waals surface area contributed by atoms with Gasteiger partial charge < -0.3 is 19.9 Å². The van der Waals surface area contributed by atoms with E-state index in [1.54, 1.807) is 17.6 Å². The van der Waals surface area contributed by atoms with Crippen LogP contribution in [0.5, 0.6) is 0 Å². The summed E-state index contributed by atoms with van der Waals surface area (Å²) in [6.07, 6.45) is 4.39. The molecule has 0 saturated carbocycles. The Kier molecular flexibility index (Phi) is 7.65. The minimum Gasteiger partial charge on any atom is -0.473 e. The van der Waals surface area contributed by atoms with E-state index in [-0.39, 0.29) is 0 Å². The SMILES string of the molecule is O=C(O)C(=O)O.c1coc(C(CNCc2cccs2)N2CCCC2)c1. The third kappa shape index (κ3) is 6.33. The predicted molar refractivity (Wildman–Crippen MR) is 93.6 cm³/mol. The highest BCUT2D eigenvalue weighted by molar-refractivity contribution is 7.09. The molecule has 0 aliphatic carbocycles. The number of carbonyl (C=O) groups is 2. The number of aliphatic carboxylic acids is 2. The second kappa shape index (κ2) is 9.97. The molecule has 3 N–H and O–H groups in total. The lowest BCUT2D eigenvalue weighted by atomic mass is 10.2. The molecule has 0 spiro atoms. The number of likely N-dealkylation sites (tertiary alicyclic amines) is 1. The van der Waals surface area contributed by atoms with Gasteiger partial charge in [0, 0.05) is 18.0 Å². The summed E-state index contributed by atoms with van der Waals surface area (Å²) in [5.74, 6) is -2.56. The van der Waals surface area contributed by atoms with Gasteiger partial charge in [0.05, 0.1) is 12.3 Å². The van der Waals surface area contributed by atoms with Gasteiger partial charge in [-0.25, -0.2) is 9.59 Å². The van der Waals surface area contributed by atoms with E-state index < -0.39 is 11.9 Å².